The summed E-state index contributed by atoms with van der Waals surface area (Å²) in [4.78, 5) is 0. The first-order chi connectivity index (χ1) is 5.22. The highest BCUT2D eigenvalue weighted by molar-refractivity contribution is 14.1. The summed E-state index contributed by atoms with van der Waals surface area (Å²) in [7, 11) is 0. The minimum atomic E-state index is 0.164. The fourth-order valence-electron chi connectivity index (χ4n) is 0.940. The van der Waals surface area contributed by atoms with Gasteiger partial charge in [-0.15, -0.1) is 0 Å². The molecule has 0 saturated carbocycles. The van der Waals surface area contributed by atoms with Gasteiger partial charge in [0.05, 0.1) is 0 Å². The second kappa shape index (κ2) is 4.07. The maximum Gasteiger partial charge on any atom is 0.0411 e. The molecule has 2 N–H and O–H groups in total. The Balaban J connectivity index is 2.77. The Hall–Kier alpha value is -0.0900. The van der Waals surface area contributed by atoms with E-state index in [1.807, 2.05) is 18.2 Å². The first-order valence-corrected chi connectivity index (χ1v) is 4.91. The topological polar surface area (TPSA) is 26.0 Å². The number of hydrogen-bond donors (Lipinski definition) is 1. The summed E-state index contributed by atoms with van der Waals surface area (Å²) in [5.41, 5.74) is 7.15. The molecule has 60 valence electrons. The Morgan fingerprint density at radius 2 is 1.82 bits per heavy atom. The predicted molar refractivity (Wildman–Crippen MR) is 56.9 cm³/mol. The third-order valence-electron chi connectivity index (χ3n) is 1.68. The van der Waals surface area contributed by atoms with Crippen LogP contribution in [0, 0.1) is 0 Å². The maximum absolute atomic E-state index is 5.93. The molecule has 0 aliphatic rings. The second-order valence-corrected chi connectivity index (χ2v) is 4.58. The lowest BCUT2D eigenvalue weighted by atomic mass is 10.1. The Labute approximate surface area is 81.1 Å². The molecule has 1 rings (SSSR count). The van der Waals surface area contributed by atoms with E-state index in [0.29, 0.717) is 3.92 Å². The van der Waals surface area contributed by atoms with E-state index >= 15 is 0 Å². The molecule has 0 aliphatic carbocycles. The highest BCUT2D eigenvalue weighted by atomic mass is 127. The molecule has 1 aromatic carbocycles. The van der Waals surface area contributed by atoms with Crippen molar-refractivity contribution in [1.29, 1.82) is 0 Å². The number of benzene rings is 1. The van der Waals surface area contributed by atoms with E-state index in [9.17, 15) is 0 Å². The van der Waals surface area contributed by atoms with Gasteiger partial charge >= 0.3 is 0 Å². The molecular formula is C9H12IN. The Morgan fingerprint density at radius 3 is 2.27 bits per heavy atom. The number of halogens is 1. The second-order valence-electron chi connectivity index (χ2n) is 2.61. The lowest BCUT2D eigenvalue weighted by Crippen LogP contribution is -2.18. The van der Waals surface area contributed by atoms with Crippen LogP contribution in [0.1, 0.15) is 18.5 Å². The van der Waals surface area contributed by atoms with Crippen molar-refractivity contribution in [3.05, 3.63) is 35.9 Å². The van der Waals surface area contributed by atoms with Crippen LogP contribution in [0.3, 0.4) is 0 Å². The van der Waals surface area contributed by atoms with Gasteiger partial charge in [0.15, 0.2) is 0 Å². The average molecular weight is 261 g/mol. The molecule has 0 fully saturated rings. The number of nitrogens with two attached hydrogens (primary N) is 1. The van der Waals surface area contributed by atoms with Gasteiger partial charge in [-0.25, -0.2) is 0 Å². The summed E-state index contributed by atoms with van der Waals surface area (Å²) in [6.45, 7) is 2.12. The van der Waals surface area contributed by atoms with E-state index < -0.39 is 0 Å². The minimum absolute atomic E-state index is 0.164. The van der Waals surface area contributed by atoms with Crippen molar-refractivity contribution in [3.8, 4) is 0 Å². The van der Waals surface area contributed by atoms with Gasteiger partial charge in [-0.1, -0.05) is 59.8 Å². The third-order valence-corrected chi connectivity index (χ3v) is 2.45. The van der Waals surface area contributed by atoms with Gasteiger partial charge in [-0.2, -0.15) is 0 Å². The van der Waals surface area contributed by atoms with E-state index in [2.05, 4.69) is 41.6 Å². The van der Waals surface area contributed by atoms with Crippen LogP contribution in [0.25, 0.3) is 0 Å². The summed E-state index contributed by atoms with van der Waals surface area (Å²) < 4.78 is 0.481. The van der Waals surface area contributed by atoms with Crippen LogP contribution in [0.5, 0.6) is 0 Å². The molecule has 0 radical (unpaired) electrons. The van der Waals surface area contributed by atoms with Gasteiger partial charge in [-0.05, 0) is 5.56 Å². The lowest BCUT2D eigenvalue weighted by Gasteiger charge is -2.13. The molecule has 1 nitrogen and oxygen atoms in total. The van der Waals surface area contributed by atoms with Crippen molar-refractivity contribution in [2.75, 3.05) is 0 Å². The molecule has 2 atom stereocenters. The van der Waals surface area contributed by atoms with Crippen LogP contribution in [-0.2, 0) is 0 Å². The van der Waals surface area contributed by atoms with Gasteiger partial charge in [0.1, 0.15) is 0 Å². The molecule has 2 heteroatoms. The molecule has 2 unspecified atom stereocenters. The van der Waals surface area contributed by atoms with Crippen LogP contribution in [-0.4, -0.2) is 3.92 Å². The molecule has 0 aliphatic heterocycles. The van der Waals surface area contributed by atoms with E-state index in [1.54, 1.807) is 0 Å². The van der Waals surface area contributed by atoms with Crippen molar-refractivity contribution in [2.45, 2.75) is 16.9 Å². The van der Waals surface area contributed by atoms with Crippen LogP contribution >= 0.6 is 22.6 Å². The van der Waals surface area contributed by atoms with Crippen LogP contribution in [0.2, 0.25) is 0 Å². The molecule has 0 saturated heterocycles. The highest BCUT2D eigenvalue weighted by Crippen LogP contribution is 2.18. The summed E-state index contributed by atoms with van der Waals surface area (Å²) in [6.07, 6.45) is 0. The summed E-state index contributed by atoms with van der Waals surface area (Å²) in [6, 6.07) is 10.4. The van der Waals surface area contributed by atoms with Crippen molar-refractivity contribution in [3.63, 3.8) is 0 Å². The zero-order chi connectivity index (χ0) is 8.27. The van der Waals surface area contributed by atoms with Gasteiger partial charge in [-0.3, -0.25) is 0 Å². The summed E-state index contributed by atoms with van der Waals surface area (Å²) >= 11 is 2.35. The highest BCUT2D eigenvalue weighted by Gasteiger charge is 2.09. The summed E-state index contributed by atoms with van der Waals surface area (Å²) in [5, 5.41) is 0. The molecular weight excluding hydrogens is 249 g/mol. The van der Waals surface area contributed by atoms with Crippen molar-refractivity contribution >= 4 is 22.6 Å². The molecule has 0 amide bonds. The fraction of sp³-hybridized carbons (Fsp3) is 0.333. The largest absolute Gasteiger partial charge is 0.323 e. The number of rotatable bonds is 2. The molecule has 0 bridgehead atoms. The van der Waals surface area contributed by atoms with Crippen molar-refractivity contribution in [2.24, 2.45) is 5.73 Å². The van der Waals surface area contributed by atoms with Gasteiger partial charge < -0.3 is 5.73 Å². The number of alkyl halides is 1. The van der Waals surface area contributed by atoms with Crippen molar-refractivity contribution < 1.29 is 0 Å². The van der Waals surface area contributed by atoms with Gasteiger partial charge in [0.25, 0.3) is 0 Å². The maximum atomic E-state index is 5.93. The smallest absolute Gasteiger partial charge is 0.0411 e. The summed E-state index contributed by atoms with van der Waals surface area (Å²) in [5.74, 6) is 0. The first kappa shape index (κ1) is 9.00. The molecule has 0 aromatic heterocycles. The Bertz CT molecular complexity index is 208. The molecule has 1 aromatic rings. The fourth-order valence-corrected chi connectivity index (χ4v) is 1.36. The predicted octanol–water partition coefficient (Wildman–Crippen LogP) is 2.51. The van der Waals surface area contributed by atoms with E-state index in [0.717, 1.165) is 0 Å². The zero-order valence-corrected chi connectivity index (χ0v) is 8.65. The molecule has 0 heterocycles. The van der Waals surface area contributed by atoms with E-state index in [4.69, 9.17) is 5.73 Å². The van der Waals surface area contributed by atoms with E-state index in [1.165, 1.54) is 5.56 Å². The van der Waals surface area contributed by atoms with Gasteiger partial charge in [0.2, 0.25) is 0 Å². The third kappa shape index (κ3) is 2.45. The zero-order valence-electron chi connectivity index (χ0n) is 6.50. The van der Waals surface area contributed by atoms with Gasteiger partial charge in [0, 0.05) is 9.97 Å². The standard InChI is InChI=1S/C9H12IN/c1-7(10)9(11)8-5-3-2-4-6-8/h2-7,9H,11H2,1H3. The Kier molecular flexibility index (Phi) is 3.33. The van der Waals surface area contributed by atoms with Crippen LogP contribution in [0.15, 0.2) is 30.3 Å². The molecule has 0 spiro atoms. The minimum Gasteiger partial charge on any atom is -0.323 e. The van der Waals surface area contributed by atoms with E-state index in [-0.39, 0.29) is 6.04 Å². The Morgan fingerprint density at radius 1 is 1.27 bits per heavy atom. The quantitative estimate of drug-likeness (QED) is 0.642. The number of hydrogen-bond acceptors (Lipinski definition) is 1. The SMILES string of the molecule is CC(I)C(N)c1ccccc1. The van der Waals surface area contributed by atoms with Crippen LogP contribution in [0.4, 0.5) is 0 Å². The van der Waals surface area contributed by atoms with Crippen LogP contribution < -0.4 is 5.73 Å². The monoisotopic (exact) mass is 261 g/mol. The molecule has 11 heavy (non-hydrogen) atoms. The van der Waals surface area contributed by atoms with Crippen molar-refractivity contribution in [1.82, 2.24) is 0 Å². The normalized spacial score (nSPS) is 15.9. The first-order valence-electron chi connectivity index (χ1n) is 3.66. The average Bonchev–Trinajstić information content (AvgIpc) is 2.05. The lowest BCUT2D eigenvalue weighted by molar-refractivity contribution is 0.735.